The van der Waals surface area contributed by atoms with Gasteiger partial charge in [-0.25, -0.2) is 0 Å². The largest absolute Gasteiger partial charge is 0.342 e. The lowest BCUT2D eigenvalue weighted by molar-refractivity contribution is -0.142. The van der Waals surface area contributed by atoms with Crippen molar-refractivity contribution in [1.82, 2.24) is 51.5 Å². The summed E-state index contributed by atoms with van der Waals surface area (Å²) in [7, 11) is 3.37. The van der Waals surface area contributed by atoms with E-state index in [1.54, 1.807) is 61.4 Å². The van der Waals surface area contributed by atoms with Gasteiger partial charge in [-0.1, -0.05) is 102 Å². The van der Waals surface area contributed by atoms with Crippen molar-refractivity contribution >= 4 is 47.3 Å². The first kappa shape index (κ1) is 62.2. The van der Waals surface area contributed by atoms with E-state index >= 15 is 0 Å². The zero-order chi connectivity index (χ0) is 57.5. The zero-order valence-corrected chi connectivity index (χ0v) is 48.2. The molecule has 0 bridgehead atoms. The maximum absolute atomic E-state index is 14.4. The van der Waals surface area contributed by atoms with E-state index in [0.717, 1.165) is 24.0 Å². The molecule has 78 heavy (non-hydrogen) atoms. The van der Waals surface area contributed by atoms with E-state index in [1.807, 2.05) is 102 Å². The van der Waals surface area contributed by atoms with Crippen molar-refractivity contribution in [2.75, 3.05) is 53.4 Å². The summed E-state index contributed by atoms with van der Waals surface area (Å²) in [5.41, 5.74) is 1.31. The Hall–Kier alpha value is -6.66. The minimum atomic E-state index is -0.953. The maximum Gasteiger partial charge on any atom is 0.251 e. The van der Waals surface area contributed by atoms with Crippen molar-refractivity contribution in [2.45, 2.75) is 156 Å². The second-order valence-corrected chi connectivity index (χ2v) is 23.3. The van der Waals surface area contributed by atoms with Crippen LogP contribution in [0.25, 0.3) is 0 Å². The number of amides is 8. The number of benzene rings is 3. The summed E-state index contributed by atoms with van der Waals surface area (Å²) in [4.78, 5) is 118. The first-order chi connectivity index (χ1) is 36.8. The van der Waals surface area contributed by atoms with Gasteiger partial charge in [0.05, 0.1) is 12.1 Å². The number of rotatable bonds is 24. The highest BCUT2D eigenvalue weighted by atomic mass is 16.2. The maximum atomic E-state index is 14.4. The predicted molar refractivity (Wildman–Crippen MR) is 303 cm³/mol. The Morgan fingerprint density at radius 1 is 0.500 bits per heavy atom. The molecule has 426 valence electrons. The van der Waals surface area contributed by atoms with E-state index in [4.69, 9.17) is 0 Å². The smallest absolute Gasteiger partial charge is 0.251 e. The summed E-state index contributed by atoms with van der Waals surface area (Å²) in [5, 5.41) is 17.5. The van der Waals surface area contributed by atoms with Crippen LogP contribution in [0.2, 0.25) is 0 Å². The van der Waals surface area contributed by atoms with Crippen molar-refractivity contribution in [3.63, 3.8) is 0 Å². The van der Waals surface area contributed by atoms with Crippen LogP contribution in [0, 0.1) is 10.8 Å². The van der Waals surface area contributed by atoms with Gasteiger partial charge in [-0.05, 0) is 127 Å². The van der Waals surface area contributed by atoms with Crippen LogP contribution in [0.5, 0.6) is 0 Å². The number of carbonyl (C=O) groups excluding carboxylic acids is 8. The second-order valence-electron chi connectivity index (χ2n) is 23.3. The van der Waals surface area contributed by atoms with E-state index in [9.17, 15) is 38.4 Å². The monoisotopic (exact) mass is 1080 g/mol. The molecular formula is C60H88N10O8. The molecule has 0 unspecified atom stereocenters. The summed E-state index contributed by atoms with van der Waals surface area (Å²) in [5.74, 6) is -2.65. The van der Waals surface area contributed by atoms with Crippen LogP contribution in [0.15, 0.2) is 84.9 Å². The summed E-state index contributed by atoms with van der Waals surface area (Å²) in [6, 6.07) is 20.4. The summed E-state index contributed by atoms with van der Waals surface area (Å²) >= 11 is 0. The van der Waals surface area contributed by atoms with Gasteiger partial charge in [-0.15, -0.1) is 0 Å². The highest BCUT2D eigenvalue weighted by Crippen LogP contribution is 2.29. The van der Waals surface area contributed by atoms with E-state index in [2.05, 4.69) is 31.9 Å². The van der Waals surface area contributed by atoms with Gasteiger partial charge in [0.1, 0.15) is 24.2 Å². The van der Waals surface area contributed by atoms with E-state index in [0.29, 0.717) is 51.9 Å². The molecule has 2 aliphatic rings. The molecule has 2 heterocycles. The molecular weight excluding hydrogens is 989 g/mol. The minimum absolute atomic E-state index is 0.201. The van der Waals surface area contributed by atoms with Gasteiger partial charge in [0.2, 0.25) is 35.4 Å². The Bertz CT molecular complexity index is 2340. The van der Waals surface area contributed by atoms with E-state index < -0.39 is 58.9 Å². The average molecular weight is 1080 g/mol. The highest BCUT2D eigenvalue weighted by Gasteiger charge is 2.43. The molecule has 3 aromatic rings. The topological polar surface area (TPSA) is 222 Å². The molecule has 0 aliphatic carbocycles. The van der Waals surface area contributed by atoms with Crippen LogP contribution in [0.1, 0.15) is 127 Å². The van der Waals surface area contributed by atoms with Gasteiger partial charge in [0, 0.05) is 62.5 Å². The summed E-state index contributed by atoms with van der Waals surface area (Å²) < 4.78 is 0. The fourth-order valence-electron chi connectivity index (χ4n) is 9.97. The molecule has 18 heteroatoms. The van der Waals surface area contributed by atoms with Crippen LogP contribution < -0.4 is 31.9 Å². The third-order valence-corrected chi connectivity index (χ3v) is 15.1. The average Bonchev–Trinajstić information content (AvgIpc) is 4.10. The molecule has 2 saturated heterocycles. The van der Waals surface area contributed by atoms with Crippen molar-refractivity contribution in [1.29, 1.82) is 0 Å². The Kier molecular flexibility index (Phi) is 22.6. The molecule has 5 rings (SSSR count). The third kappa shape index (κ3) is 17.2. The quantitative estimate of drug-likeness (QED) is 0.0746. The van der Waals surface area contributed by atoms with Gasteiger partial charge < -0.3 is 51.5 Å². The first-order valence-electron chi connectivity index (χ1n) is 27.8. The van der Waals surface area contributed by atoms with Crippen LogP contribution in [-0.4, -0.2) is 169 Å². The molecule has 0 spiro atoms. The fraction of sp³-hybridized carbons (Fsp3) is 0.567. The Balaban J connectivity index is 1.26. The number of nitrogens with zero attached hydrogens (tertiary/aromatic N) is 4. The number of likely N-dealkylation sites (tertiary alicyclic amines) is 2. The van der Waals surface area contributed by atoms with Crippen LogP contribution >= 0.6 is 0 Å². The number of likely N-dealkylation sites (N-methyl/N-ethyl adjacent to an activating group) is 2. The Morgan fingerprint density at radius 2 is 0.833 bits per heavy atom. The number of hydrogen-bond donors (Lipinski definition) is 6. The first-order valence-corrected chi connectivity index (χ1v) is 27.8. The van der Waals surface area contributed by atoms with Crippen molar-refractivity contribution in [3.8, 4) is 0 Å². The molecule has 8 amide bonds. The fourth-order valence-corrected chi connectivity index (χ4v) is 9.97. The van der Waals surface area contributed by atoms with E-state index in [1.165, 1.54) is 24.3 Å². The number of nitrogens with one attached hydrogen (secondary N) is 6. The number of carbonyl (C=O) groups is 8. The van der Waals surface area contributed by atoms with Gasteiger partial charge in [0.15, 0.2) is 0 Å². The van der Waals surface area contributed by atoms with Gasteiger partial charge in [-0.2, -0.15) is 0 Å². The standard InChI is InChI=1S/C60H88N10O8/c1-39(61-11)51(71)65-49(59(5,6)7)57(77)69-33-19-25-47(69)37-67(35-31-43-21-15-13-16-22-43)55(75)41(3)63-53(73)45-27-29-46(30-28-45)54(74)64-42(4)56(76)68(36-32-44-23-17-14-18-24-44)38-48-26-20-34-70(48)58(78)50(60(8,9)10)66-52(72)40(2)62-12/h13-18,21-24,27-30,39-42,47-50,61-62H,19-20,25-26,31-38H2,1-12H3,(H,63,73)(H,64,74)(H,65,71)(H,66,72)/t39-,40-,41+,42+,47-,48-,49+,50+/m0/s1. The molecule has 6 N–H and O–H groups in total. The molecule has 8 atom stereocenters. The van der Waals surface area contributed by atoms with Crippen molar-refractivity contribution in [3.05, 3.63) is 107 Å². The zero-order valence-electron chi connectivity index (χ0n) is 48.2. The molecule has 0 saturated carbocycles. The molecule has 2 fully saturated rings. The molecule has 18 nitrogen and oxygen atoms in total. The third-order valence-electron chi connectivity index (χ3n) is 15.1. The number of hydrogen-bond acceptors (Lipinski definition) is 10. The van der Waals surface area contributed by atoms with E-state index in [-0.39, 0.29) is 71.7 Å². The predicted octanol–water partition coefficient (Wildman–Crippen LogP) is 4.33. The molecule has 0 aromatic heterocycles. The van der Waals surface area contributed by atoms with Crippen LogP contribution in [0.4, 0.5) is 0 Å². The second kappa shape index (κ2) is 28.3. The Labute approximate surface area is 462 Å². The van der Waals surface area contributed by atoms with Gasteiger partial charge >= 0.3 is 0 Å². The van der Waals surface area contributed by atoms with Gasteiger partial charge in [-0.3, -0.25) is 38.4 Å². The summed E-state index contributed by atoms with van der Waals surface area (Å²) in [6.07, 6.45) is 3.90. The van der Waals surface area contributed by atoms with Crippen molar-refractivity contribution in [2.24, 2.45) is 10.8 Å². The normalized spacial score (nSPS) is 17.9. The SMILES string of the molecule is CN[C@@H](C)C(=O)N[C@H](C(=O)N1CCC[C@H]1CN(CCc1ccccc1)C(=O)[C@@H](C)NC(=O)c1ccc(C(=O)N[C@H](C)C(=O)N(CCc2ccccc2)C[C@@H]2CCCN2C(=O)[C@@H](NC(=O)[C@H](C)NC)C(C)(C)C)cc1)C(C)(C)C. The lowest BCUT2D eigenvalue weighted by atomic mass is 9.85. The lowest BCUT2D eigenvalue weighted by Crippen LogP contribution is -2.59. The van der Waals surface area contributed by atoms with Crippen LogP contribution in [-0.2, 0) is 41.6 Å². The molecule has 3 aromatic carbocycles. The summed E-state index contributed by atoms with van der Waals surface area (Å²) in [6.45, 7) is 20.3. The lowest BCUT2D eigenvalue weighted by Gasteiger charge is -2.38. The van der Waals surface area contributed by atoms with Crippen LogP contribution in [0.3, 0.4) is 0 Å². The molecule has 2 aliphatic heterocycles. The molecule has 0 radical (unpaired) electrons. The van der Waals surface area contributed by atoms with Gasteiger partial charge in [0.25, 0.3) is 11.8 Å². The minimum Gasteiger partial charge on any atom is -0.342 e. The Morgan fingerprint density at radius 3 is 1.14 bits per heavy atom. The van der Waals surface area contributed by atoms with Crippen molar-refractivity contribution < 1.29 is 38.4 Å². The highest BCUT2D eigenvalue weighted by molar-refractivity contribution is 6.01.